The lowest BCUT2D eigenvalue weighted by Gasteiger charge is -2.11. The highest BCUT2D eigenvalue weighted by Crippen LogP contribution is 2.29. The molecule has 2 N–H and O–H groups in total. The van der Waals surface area contributed by atoms with E-state index >= 15 is 0 Å². The summed E-state index contributed by atoms with van der Waals surface area (Å²) >= 11 is 0. The molecule has 0 bridgehead atoms. The van der Waals surface area contributed by atoms with Crippen LogP contribution >= 0.6 is 0 Å². The second-order valence-corrected chi connectivity index (χ2v) is 6.93. The van der Waals surface area contributed by atoms with Crippen LogP contribution in [0.15, 0.2) is 23.0 Å². The molecule has 0 saturated heterocycles. The molecule has 120 valence electrons. The van der Waals surface area contributed by atoms with E-state index in [0.717, 1.165) is 41.4 Å². The molecule has 0 spiro atoms. The standard InChI is InChI=1S/C19H22N2O2/c22-18(10-12-4-1-2-5-12)20-13-8-9-15-14-6-3-7-16(14)19(23)21-17(15)11-13/h8-9,11-12H,1-7,10H2,(H,20,22)(H,21,23). The highest BCUT2D eigenvalue weighted by Gasteiger charge is 2.20. The number of H-pyrrole nitrogens is 1. The first-order valence-corrected chi connectivity index (χ1v) is 8.68. The third-order valence-electron chi connectivity index (χ3n) is 5.32. The maximum Gasteiger partial charge on any atom is 0.251 e. The number of carbonyl (C=O) groups is 1. The first-order chi connectivity index (χ1) is 11.2. The zero-order chi connectivity index (χ0) is 15.8. The number of rotatable bonds is 3. The average Bonchev–Trinajstić information content (AvgIpc) is 3.18. The molecule has 1 amide bonds. The number of carbonyl (C=O) groups excluding carboxylic acids is 1. The Balaban J connectivity index is 1.58. The van der Waals surface area contributed by atoms with Crippen molar-refractivity contribution < 1.29 is 4.79 Å². The van der Waals surface area contributed by atoms with Crippen LogP contribution < -0.4 is 10.9 Å². The van der Waals surface area contributed by atoms with Crippen molar-refractivity contribution in [1.29, 1.82) is 0 Å². The van der Waals surface area contributed by atoms with Gasteiger partial charge in [-0.1, -0.05) is 18.9 Å². The van der Waals surface area contributed by atoms with E-state index in [1.165, 1.54) is 31.2 Å². The van der Waals surface area contributed by atoms with Crippen LogP contribution in [0.25, 0.3) is 10.9 Å². The van der Waals surface area contributed by atoms with E-state index in [1.807, 2.05) is 18.2 Å². The van der Waals surface area contributed by atoms with Crippen molar-refractivity contribution in [3.63, 3.8) is 0 Å². The summed E-state index contributed by atoms with van der Waals surface area (Å²) in [5, 5.41) is 4.10. The number of anilines is 1. The van der Waals surface area contributed by atoms with Gasteiger partial charge in [-0.3, -0.25) is 9.59 Å². The zero-order valence-corrected chi connectivity index (χ0v) is 13.3. The van der Waals surface area contributed by atoms with Gasteiger partial charge in [0.2, 0.25) is 5.91 Å². The lowest BCUT2D eigenvalue weighted by atomic mass is 10.0. The molecule has 1 fully saturated rings. The summed E-state index contributed by atoms with van der Waals surface area (Å²) in [5.74, 6) is 0.623. The largest absolute Gasteiger partial charge is 0.326 e. The molecule has 4 heteroatoms. The third kappa shape index (κ3) is 2.78. The minimum atomic E-state index is 0.0273. The second kappa shape index (κ2) is 5.84. The molecule has 1 aromatic carbocycles. The highest BCUT2D eigenvalue weighted by molar-refractivity contribution is 5.94. The van der Waals surface area contributed by atoms with Crippen LogP contribution in [-0.4, -0.2) is 10.9 Å². The number of hydrogen-bond donors (Lipinski definition) is 2. The van der Waals surface area contributed by atoms with E-state index in [9.17, 15) is 9.59 Å². The van der Waals surface area contributed by atoms with Crippen molar-refractivity contribution in [1.82, 2.24) is 4.98 Å². The number of aromatic nitrogens is 1. The summed E-state index contributed by atoms with van der Waals surface area (Å²) in [4.78, 5) is 27.3. The second-order valence-electron chi connectivity index (χ2n) is 6.93. The molecule has 4 rings (SSSR count). The Morgan fingerprint density at radius 1 is 1.13 bits per heavy atom. The van der Waals surface area contributed by atoms with Gasteiger partial charge in [-0.25, -0.2) is 0 Å². The first kappa shape index (κ1) is 14.5. The summed E-state index contributed by atoms with van der Waals surface area (Å²) in [6.07, 6.45) is 8.36. The van der Waals surface area contributed by atoms with E-state index in [1.54, 1.807) is 0 Å². The Labute approximate surface area is 135 Å². The average molecular weight is 310 g/mol. The van der Waals surface area contributed by atoms with Crippen molar-refractivity contribution in [3.05, 3.63) is 39.7 Å². The lowest BCUT2D eigenvalue weighted by Crippen LogP contribution is -2.16. The quantitative estimate of drug-likeness (QED) is 0.911. The smallest absolute Gasteiger partial charge is 0.251 e. The molecule has 1 saturated carbocycles. The highest BCUT2D eigenvalue weighted by atomic mass is 16.1. The summed E-state index contributed by atoms with van der Waals surface area (Å²) in [5.41, 5.74) is 3.76. The van der Waals surface area contributed by atoms with Gasteiger partial charge in [-0.2, -0.15) is 0 Å². The predicted octanol–water partition coefficient (Wildman–Crippen LogP) is 3.54. The number of nitrogens with one attached hydrogen (secondary N) is 2. The van der Waals surface area contributed by atoms with Crippen molar-refractivity contribution in [2.75, 3.05) is 5.32 Å². The van der Waals surface area contributed by atoms with E-state index in [4.69, 9.17) is 0 Å². The Morgan fingerprint density at radius 3 is 2.74 bits per heavy atom. The predicted molar refractivity (Wildman–Crippen MR) is 91.8 cm³/mol. The van der Waals surface area contributed by atoms with Crippen LogP contribution in [0.3, 0.4) is 0 Å². The molecule has 2 aromatic rings. The van der Waals surface area contributed by atoms with Gasteiger partial charge in [0.1, 0.15) is 0 Å². The van der Waals surface area contributed by atoms with E-state index < -0.39 is 0 Å². The van der Waals surface area contributed by atoms with Gasteiger partial charge in [-0.15, -0.1) is 0 Å². The topological polar surface area (TPSA) is 62.0 Å². The lowest BCUT2D eigenvalue weighted by molar-refractivity contribution is -0.117. The van der Waals surface area contributed by atoms with E-state index in [-0.39, 0.29) is 11.5 Å². The van der Waals surface area contributed by atoms with Crippen LogP contribution in [0.2, 0.25) is 0 Å². The van der Waals surface area contributed by atoms with Crippen LogP contribution in [-0.2, 0) is 17.6 Å². The summed E-state index contributed by atoms with van der Waals surface area (Å²) < 4.78 is 0. The fourth-order valence-electron chi connectivity index (χ4n) is 4.17. The molecule has 2 aliphatic rings. The number of aromatic amines is 1. The fraction of sp³-hybridized carbons (Fsp3) is 0.474. The Kier molecular flexibility index (Phi) is 3.68. The Hall–Kier alpha value is -2.10. The fourth-order valence-corrected chi connectivity index (χ4v) is 4.17. The number of fused-ring (bicyclic) bond motifs is 3. The van der Waals surface area contributed by atoms with Crippen LogP contribution in [0, 0.1) is 5.92 Å². The molecule has 0 radical (unpaired) electrons. The number of benzene rings is 1. The number of amides is 1. The Bertz CT molecular complexity index is 816. The maximum absolute atomic E-state index is 12.2. The molecule has 0 aliphatic heterocycles. The molecule has 2 aliphatic carbocycles. The maximum atomic E-state index is 12.2. The van der Waals surface area contributed by atoms with Crippen LogP contribution in [0.1, 0.15) is 49.7 Å². The van der Waals surface area contributed by atoms with Crippen molar-refractivity contribution >= 4 is 22.5 Å². The molecular weight excluding hydrogens is 288 g/mol. The molecule has 4 nitrogen and oxygen atoms in total. The minimum Gasteiger partial charge on any atom is -0.326 e. The number of pyridine rings is 1. The summed E-state index contributed by atoms with van der Waals surface area (Å²) in [7, 11) is 0. The van der Waals surface area contributed by atoms with Crippen molar-refractivity contribution in [2.24, 2.45) is 5.92 Å². The van der Waals surface area contributed by atoms with Crippen molar-refractivity contribution in [3.8, 4) is 0 Å². The molecule has 0 atom stereocenters. The number of hydrogen-bond acceptors (Lipinski definition) is 2. The molecule has 1 heterocycles. The summed E-state index contributed by atoms with van der Waals surface area (Å²) in [6.45, 7) is 0. The molecule has 1 aromatic heterocycles. The first-order valence-electron chi connectivity index (χ1n) is 8.68. The van der Waals surface area contributed by atoms with Gasteiger partial charge in [0, 0.05) is 23.1 Å². The third-order valence-corrected chi connectivity index (χ3v) is 5.32. The van der Waals surface area contributed by atoms with Gasteiger partial charge in [0.25, 0.3) is 5.56 Å². The normalized spacial score (nSPS) is 17.6. The Morgan fingerprint density at radius 2 is 1.91 bits per heavy atom. The SMILES string of the molecule is O=C(CC1CCCC1)Nc1ccc2c3c(c(=O)[nH]c2c1)CCC3. The van der Waals surface area contributed by atoms with Gasteiger partial charge < -0.3 is 10.3 Å². The molecule has 0 unspecified atom stereocenters. The zero-order valence-electron chi connectivity index (χ0n) is 13.3. The van der Waals surface area contributed by atoms with Gasteiger partial charge in [-0.05, 0) is 55.7 Å². The van der Waals surface area contributed by atoms with E-state index in [2.05, 4.69) is 10.3 Å². The van der Waals surface area contributed by atoms with Crippen LogP contribution in [0.5, 0.6) is 0 Å². The summed E-state index contributed by atoms with van der Waals surface area (Å²) in [6, 6.07) is 5.87. The molecular formula is C19H22N2O2. The van der Waals surface area contributed by atoms with Gasteiger partial charge in [0.05, 0.1) is 5.52 Å². The van der Waals surface area contributed by atoms with E-state index in [0.29, 0.717) is 12.3 Å². The minimum absolute atomic E-state index is 0.0273. The van der Waals surface area contributed by atoms with Gasteiger partial charge >= 0.3 is 0 Å². The number of aryl methyl sites for hydroxylation is 1. The van der Waals surface area contributed by atoms with Crippen molar-refractivity contribution in [2.45, 2.75) is 51.4 Å². The van der Waals surface area contributed by atoms with Gasteiger partial charge in [0.15, 0.2) is 0 Å². The van der Waals surface area contributed by atoms with Crippen LogP contribution in [0.4, 0.5) is 5.69 Å². The monoisotopic (exact) mass is 310 g/mol. The molecule has 23 heavy (non-hydrogen) atoms.